The topological polar surface area (TPSA) is 74.7 Å². The third kappa shape index (κ3) is 2.19. The molecule has 0 amide bonds. The summed E-state index contributed by atoms with van der Waals surface area (Å²) >= 11 is 0. The molecule has 3 aromatic rings. The van der Waals surface area contributed by atoms with Crippen molar-refractivity contribution >= 4 is 16.8 Å². The molecule has 0 radical (unpaired) electrons. The summed E-state index contributed by atoms with van der Waals surface area (Å²) in [5.41, 5.74) is 3.07. The van der Waals surface area contributed by atoms with Gasteiger partial charge in [0.25, 0.3) is 5.56 Å². The predicted octanol–water partition coefficient (Wildman–Crippen LogP) is 1.77. The van der Waals surface area contributed by atoms with Gasteiger partial charge in [-0.25, -0.2) is 4.98 Å². The number of ketones is 1. The van der Waals surface area contributed by atoms with Crippen molar-refractivity contribution in [2.24, 2.45) is 7.05 Å². The Balaban J connectivity index is 1.68. The molecule has 0 aliphatic heterocycles. The second-order valence-electron chi connectivity index (χ2n) is 6.49. The fourth-order valence-corrected chi connectivity index (χ4v) is 3.37. The van der Waals surface area contributed by atoms with E-state index in [0.717, 1.165) is 11.4 Å². The van der Waals surface area contributed by atoms with E-state index in [-0.39, 0.29) is 17.9 Å². The summed E-state index contributed by atoms with van der Waals surface area (Å²) < 4.78 is 5.14. The van der Waals surface area contributed by atoms with Crippen molar-refractivity contribution in [1.82, 2.24) is 23.9 Å². The van der Waals surface area contributed by atoms with E-state index in [1.54, 1.807) is 11.7 Å². The van der Waals surface area contributed by atoms with Gasteiger partial charge in [-0.1, -0.05) is 0 Å². The Kier molecular flexibility index (Phi) is 3.19. The maximum Gasteiger partial charge on any atom is 0.264 e. The van der Waals surface area contributed by atoms with E-state index in [4.69, 9.17) is 0 Å². The molecule has 0 N–H and O–H groups in total. The minimum atomic E-state index is -0.238. The van der Waals surface area contributed by atoms with Gasteiger partial charge in [0.1, 0.15) is 11.7 Å². The van der Waals surface area contributed by atoms with Crippen LogP contribution in [0.3, 0.4) is 0 Å². The van der Waals surface area contributed by atoms with Crippen molar-refractivity contribution in [2.45, 2.75) is 39.3 Å². The first-order valence-electron chi connectivity index (χ1n) is 8.06. The number of aromatic nitrogens is 5. The largest absolute Gasteiger partial charge is 0.345 e. The van der Waals surface area contributed by atoms with Gasteiger partial charge in [-0.2, -0.15) is 5.10 Å². The molecule has 1 aliphatic rings. The Morgan fingerprint density at radius 1 is 1.33 bits per heavy atom. The molecule has 0 bridgehead atoms. The first-order valence-corrected chi connectivity index (χ1v) is 8.06. The van der Waals surface area contributed by atoms with Crippen LogP contribution in [0.1, 0.15) is 40.6 Å². The lowest BCUT2D eigenvalue weighted by molar-refractivity contribution is 0.0970. The molecule has 0 unspecified atom stereocenters. The van der Waals surface area contributed by atoms with Crippen LogP contribution >= 0.6 is 0 Å². The maximum atomic E-state index is 12.7. The van der Waals surface area contributed by atoms with Crippen LogP contribution in [0.5, 0.6) is 0 Å². The Hall–Kier alpha value is -2.70. The molecule has 124 valence electrons. The van der Waals surface area contributed by atoms with E-state index < -0.39 is 0 Å². The number of hydrogen-bond donors (Lipinski definition) is 0. The molecule has 7 heteroatoms. The number of carbonyl (C=O) groups excluding carboxylic acids is 1. The lowest BCUT2D eigenvalue weighted by atomic mass is 10.1. The van der Waals surface area contributed by atoms with Gasteiger partial charge in [0, 0.05) is 30.0 Å². The van der Waals surface area contributed by atoms with Gasteiger partial charge in [-0.15, -0.1) is 0 Å². The van der Waals surface area contributed by atoms with Crippen LogP contribution in [0.15, 0.2) is 23.4 Å². The van der Waals surface area contributed by atoms with Gasteiger partial charge in [-0.05, 0) is 32.8 Å². The Bertz CT molecular complexity index is 1020. The second-order valence-corrected chi connectivity index (χ2v) is 6.49. The van der Waals surface area contributed by atoms with Gasteiger partial charge >= 0.3 is 0 Å². The fraction of sp³-hybridized carbons (Fsp3) is 0.412. The summed E-state index contributed by atoms with van der Waals surface area (Å²) in [5, 5.41) is 4.47. The third-order valence-electron chi connectivity index (χ3n) is 4.73. The second kappa shape index (κ2) is 5.15. The van der Waals surface area contributed by atoms with Gasteiger partial charge in [0.15, 0.2) is 11.4 Å². The zero-order chi connectivity index (χ0) is 17.0. The maximum absolute atomic E-state index is 12.7. The average Bonchev–Trinajstić information content (AvgIpc) is 3.23. The Labute approximate surface area is 138 Å². The molecular formula is C17H19N5O2. The van der Waals surface area contributed by atoms with Gasteiger partial charge in [0.2, 0.25) is 0 Å². The molecule has 3 aromatic heterocycles. The van der Waals surface area contributed by atoms with E-state index in [2.05, 4.69) is 14.6 Å². The van der Waals surface area contributed by atoms with Crippen molar-refractivity contribution in [1.29, 1.82) is 0 Å². The zero-order valence-electron chi connectivity index (χ0n) is 14.0. The van der Waals surface area contributed by atoms with E-state index in [1.165, 1.54) is 29.9 Å². The molecule has 0 aromatic carbocycles. The molecule has 1 aliphatic carbocycles. The molecule has 0 saturated heterocycles. The van der Waals surface area contributed by atoms with Crippen molar-refractivity contribution in [3.63, 3.8) is 0 Å². The third-order valence-corrected chi connectivity index (χ3v) is 4.73. The number of aryl methyl sites for hydroxylation is 2. The highest BCUT2D eigenvalue weighted by Crippen LogP contribution is 2.38. The molecule has 3 heterocycles. The predicted molar refractivity (Wildman–Crippen MR) is 89.3 cm³/mol. The molecule has 0 atom stereocenters. The summed E-state index contributed by atoms with van der Waals surface area (Å²) in [4.78, 5) is 29.4. The van der Waals surface area contributed by atoms with Gasteiger partial charge < -0.3 is 4.57 Å². The zero-order valence-corrected chi connectivity index (χ0v) is 14.0. The summed E-state index contributed by atoms with van der Waals surface area (Å²) in [6.07, 6.45) is 5.25. The van der Waals surface area contributed by atoms with Gasteiger partial charge in [0.05, 0.1) is 12.7 Å². The number of nitrogens with zero attached hydrogens (tertiary/aromatic N) is 5. The van der Waals surface area contributed by atoms with Crippen LogP contribution in [0, 0.1) is 13.8 Å². The Morgan fingerprint density at radius 2 is 2.08 bits per heavy atom. The highest BCUT2D eigenvalue weighted by atomic mass is 16.1. The van der Waals surface area contributed by atoms with Crippen LogP contribution in [-0.4, -0.2) is 29.7 Å². The summed E-state index contributed by atoms with van der Waals surface area (Å²) in [6, 6.07) is 2.46. The normalized spacial score (nSPS) is 14.5. The molecule has 4 rings (SSSR count). The summed E-state index contributed by atoms with van der Waals surface area (Å²) in [5.74, 6) is -0.0675. The molecule has 7 nitrogen and oxygen atoms in total. The van der Waals surface area contributed by atoms with Crippen LogP contribution in [-0.2, 0) is 13.6 Å². The molecule has 1 fully saturated rings. The number of rotatable bonds is 4. The minimum absolute atomic E-state index is 0.00831. The van der Waals surface area contributed by atoms with E-state index in [9.17, 15) is 9.59 Å². The first kappa shape index (κ1) is 14.9. The number of fused-ring (bicyclic) bond motifs is 1. The lowest BCUT2D eigenvalue weighted by Gasteiger charge is -2.08. The smallest absolute Gasteiger partial charge is 0.264 e. The van der Waals surface area contributed by atoms with Crippen LogP contribution in [0.4, 0.5) is 0 Å². The van der Waals surface area contributed by atoms with Crippen LogP contribution in [0.2, 0.25) is 0 Å². The summed E-state index contributed by atoms with van der Waals surface area (Å²) in [7, 11) is 1.73. The molecule has 0 spiro atoms. The average molecular weight is 325 g/mol. The van der Waals surface area contributed by atoms with Crippen molar-refractivity contribution < 1.29 is 4.79 Å². The molecule has 1 saturated carbocycles. The number of hydrogen-bond acceptors (Lipinski definition) is 4. The standard InChI is InChI=1S/C17H19N5O2/c1-10-6-13(11(2)22(10)12-4-5-12)15(23)8-21-9-18-16-14(17(21)24)7-19-20(16)3/h6-7,9,12H,4-5,8H2,1-3H3. The van der Waals surface area contributed by atoms with E-state index in [1.807, 2.05) is 19.9 Å². The van der Waals surface area contributed by atoms with Crippen molar-refractivity contribution in [3.05, 3.63) is 45.9 Å². The lowest BCUT2D eigenvalue weighted by Crippen LogP contribution is -2.24. The fourth-order valence-electron chi connectivity index (χ4n) is 3.37. The quantitative estimate of drug-likeness (QED) is 0.685. The van der Waals surface area contributed by atoms with Crippen molar-refractivity contribution in [2.75, 3.05) is 0 Å². The van der Waals surface area contributed by atoms with Crippen molar-refractivity contribution in [3.8, 4) is 0 Å². The Morgan fingerprint density at radius 3 is 2.79 bits per heavy atom. The first-order chi connectivity index (χ1) is 11.5. The highest BCUT2D eigenvalue weighted by Gasteiger charge is 2.28. The monoisotopic (exact) mass is 325 g/mol. The van der Waals surface area contributed by atoms with Gasteiger partial charge in [-0.3, -0.25) is 18.8 Å². The SMILES string of the molecule is Cc1cc(C(=O)Cn2cnc3c(cnn3C)c2=O)c(C)n1C1CC1. The van der Waals surface area contributed by atoms with E-state index in [0.29, 0.717) is 22.6 Å². The molecular weight excluding hydrogens is 306 g/mol. The number of carbonyl (C=O) groups is 1. The summed E-state index contributed by atoms with van der Waals surface area (Å²) in [6.45, 7) is 3.99. The highest BCUT2D eigenvalue weighted by molar-refractivity contribution is 5.97. The van der Waals surface area contributed by atoms with Crippen LogP contribution < -0.4 is 5.56 Å². The minimum Gasteiger partial charge on any atom is -0.345 e. The van der Waals surface area contributed by atoms with E-state index >= 15 is 0 Å². The van der Waals surface area contributed by atoms with Crippen LogP contribution in [0.25, 0.3) is 11.0 Å². The number of Topliss-reactive ketones (excluding diaryl/α,β-unsaturated/α-hetero) is 1. The molecule has 24 heavy (non-hydrogen) atoms.